The van der Waals surface area contributed by atoms with E-state index in [-0.39, 0.29) is 17.1 Å². The fourth-order valence-corrected chi connectivity index (χ4v) is 3.34. The van der Waals surface area contributed by atoms with Crippen LogP contribution in [0.3, 0.4) is 0 Å². The Bertz CT molecular complexity index is 542. The number of alkyl halides is 2. The molecule has 0 saturated carbocycles. The molecule has 1 heterocycles. The lowest BCUT2D eigenvalue weighted by Gasteiger charge is -2.32. The molecule has 0 radical (unpaired) electrons. The summed E-state index contributed by atoms with van der Waals surface area (Å²) < 4.78 is 8.34. The molecular formula is C14H20Cl2N2O4S. The number of aliphatic carboxylic acids is 1. The zero-order chi connectivity index (χ0) is 17.8. The van der Waals surface area contributed by atoms with Crippen LogP contribution < -0.4 is 9.47 Å². The van der Waals surface area contributed by atoms with Gasteiger partial charge in [0, 0.05) is 11.7 Å². The van der Waals surface area contributed by atoms with Gasteiger partial charge in [0.05, 0.1) is 20.3 Å². The van der Waals surface area contributed by atoms with Crippen LogP contribution >= 0.6 is 35.0 Å². The topological polar surface area (TPSA) is 81.5 Å². The quantitative estimate of drug-likeness (QED) is 0.437. The Kier molecular flexibility index (Phi) is 6.80. The summed E-state index contributed by atoms with van der Waals surface area (Å²) in [4.78, 5) is 19.7. The van der Waals surface area contributed by atoms with E-state index in [1.165, 1.54) is 26.0 Å². The van der Waals surface area contributed by atoms with Crippen molar-refractivity contribution < 1.29 is 19.4 Å². The van der Waals surface area contributed by atoms with E-state index in [9.17, 15) is 4.79 Å². The van der Waals surface area contributed by atoms with E-state index >= 15 is 0 Å². The van der Waals surface area contributed by atoms with Crippen molar-refractivity contribution in [3.8, 4) is 11.8 Å². The second kappa shape index (κ2) is 7.77. The molecular weight excluding hydrogens is 363 g/mol. The standard InChI is InChI=1S/C14H20Cl2N2O4S/c1-13(2,3)8(7-14(15,16)11(19)20)23-12-17-9(21-4)6-10(18-12)22-5/h6,8H,7H2,1-5H3,(H,19,20). The minimum Gasteiger partial charge on any atom is -0.481 e. The molecule has 1 atom stereocenters. The van der Waals surface area contributed by atoms with Gasteiger partial charge in [0.15, 0.2) is 5.16 Å². The van der Waals surface area contributed by atoms with Gasteiger partial charge in [-0.2, -0.15) is 9.97 Å². The third-order valence-corrected chi connectivity index (χ3v) is 5.23. The van der Waals surface area contributed by atoms with E-state index < -0.39 is 10.3 Å². The van der Waals surface area contributed by atoms with Crippen molar-refractivity contribution in [2.75, 3.05) is 14.2 Å². The number of thioether (sulfide) groups is 1. The van der Waals surface area contributed by atoms with Gasteiger partial charge in [-0.25, -0.2) is 4.79 Å². The van der Waals surface area contributed by atoms with Crippen LogP contribution in [-0.2, 0) is 4.79 Å². The summed E-state index contributed by atoms with van der Waals surface area (Å²) in [5, 5.41) is 9.30. The Hall–Kier alpha value is -0.920. The first kappa shape index (κ1) is 20.1. The summed E-state index contributed by atoms with van der Waals surface area (Å²) in [7, 11) is 2.98. The van der Waals surface area contributed by atoms with Crippen molar-refractivity contribution in [1.29, 1.82) is 0 Å². The number of nitrogens with zero attached hydrogens (tertiary/aromatic N) is 2. The summed E-state index contributed by atoms with van der Waals surface area (Å²) >= 11 is 13.1. The van der Waals surface area contributed by atoms with Gasteiger partial charge in [-0.3, -0.25) is 0 Å². The monoisotopic (exact) mass is 382 g/mol. The SMILES string of the molecule is COc1cc(OC)nc(SC(CC(Cl)(Cl)C(=O)O)C(C)(C)C)n1. The molecule has 9 heteroatoms. The molecule has 1 N–H and O–H groups in total. The number of methoxy groups -OCH3 is 2. The first-order chi connectivity index (χ1) is 10.5. The summed E-state index contributed by atoms with van der Waals surface area (Å²) in [6, 6.07) is 1.56. The van der Waals surface area contributed by atoms with E-state index in [2.05, 4.69) is 9.97 Å². The maximum absolute atomic E-state index is 11.2. The minimum absolute atomic E-state index is 0.0303. The lowest BCUT2D eigenvalue weighted by molar-refractivity contribution is -0.138. The molecule has 0 fully saturated rings. The van der Waals surface area contributed by atoms with Gasteiger partial charge in [0.25, 0.3) is 0 Å². The van der Waals surface area contributed by atoms with Gasteiger partial charge in [-0.05, 0) is 5.41 Å². The number of carbonyl (C=O) groups is 1. The Morgan fingerprint density at radius 2 is 1.74 bits per heavy atom. The zero-order valence-corrected chi connectivity index (χ0v) is 15.9. The highest BCUT2D eigenvalue weighted by Gasteiger charge is 2.41. The summed E-state index contributed by atoms with van der Waals surface area (Å²) in [6.45, 7) is 5.90. The minimum atomic E-state index is -1.88. The molecule has 1 rings (SSSR count). The largest absolute Gasteiger partial charge is 0.481 e. The van der Waals surface area contributed by atoms with Crippen molar-refractivity contribution >= 4 is 40.9 Å². The number of hydrogen-bond acceptors (Lipinski definition) is 6. The Morgan fingerprint density at radius 1 is 1.26 bits per heavy atom. The van der Waals surface area contributed by atoms with Crippen LogP contribution in [0.25, 0.3) is 0 Å². The van der Waals surface area contributed by atoms with Crippen LogP contribution in [0.2, 0.25) is 0 Å². The number of ether oxygens (including phenoxy) is 2. The van der Waals surface area contributed by atoms with E-state index in [4.69, 9.17) is 37.8 Å². The van der Waals surface area contributed by atoms with Gasteiger partial charge in [-0.15, -0.1) is 0 Å². The fraction of sp³-hybridized carbons (Fsp3) is 0.643. The number of aromatic nitrogens is 2. The van der Waals surface area contributed by atoms with E-state index in [0.717, 1.165) is 0 Å². The van der Waals surface area contributed by atoms with Crippen molar-refractivity contribution in [3.05, 3.63) is 6.07 Å². The van der Waals surface area contributed by atoms with Crippen LogP contribution in [0.4, 0.5) is 0 Å². The van der Waals surface area contributed by atoms with Crippen LogP contribution in [0.1, 0.15) is 27.2 Å². The van der Waals surface area contributed by atoms with Crippen LogP contribution in [-0.4, -0.2) is 44.8 Å². The number of halogens is 2. The number of rotatable bonds is 7. The lowest BCUT2D eigenvalue weighted by atomic mass is 9.89. The molecule has 23 heavy (non-hydrogen) atoms. The van der Waals surface area contributed by atoms with Gasteiger partial charge in [-0.1, -0.05) is 55.7 Å². The van der Waals surface area contributed by atoms with Crippen LogP contribution in [0, 0.1) is 5.41 Å². The molecule has 0 bridgehead atoms. The second-order valence-corrected chi connectivity index (χ2v) is 8.58. The second-order valence-electron chi connectivity index (χ2n) is 5.92. The first-order valence-electron chi connectivity index (χ1n) is 6.74. The highest BCUT2D eigenvalue weighted by Crippen LogP contribution is 2.42. The predicted molar refractivity (Wildman–Crippen MR) is 90.9 cm³/mol. The van der Waals surface area contributed by atoms with E-state index in [1.807, 2.05) is 20.8 Å². The van der Waals surface area contributed by atoms with Gasteiger partial charge in [0.1, 0.15) is 0 Å². The number of carboxylic acids is 1. The average Bonchev–Trinajstić information content (AvgIpc) is 2.44. The van der Waals surface area contributed by atoms with Crippen molar-refractivity contribution in [2.45, 2.75) is 41.9 Å². The zero-order valence-electron chi connectivity index (χ0n) is 13.6. The van der Waals surface area contributed by atoms with Crippen molar-refractivity contribution in [1.82, 2.24) is 9.97 Å². The predicted octanol–water partition coefficient (Wildman–Crippen LogP) is 3.65. The van der Waals surface area contributed by atoms with Gasteiger partial charge < -0.3 is 14.6 Å². The van der Waals surface area contributed by atoms with Gasteiger partial charge >= 0.3 is 5.97 Å². The molecule has 1 aromatic rings. The van der Waals surface area contributed by atoms with Crippen molar-refractivity contribution in [2.24, 2.45) is 5.41 Å². The Morgan fingerprint density at radius 3 is 2.09 bits per heavy atom. The number of carboxylic acid groups (broad SMARTS) is 1. The lowest BCUT2D eigenvalue weighted by Crippen LogP contribution is -2.35. The molecule has 1 aromatic heterocycles. The van der Waals surface area contributed by atoms with Crippen LogP contribution in [0.5, 0.6) is 11.8 Å². The third kappa shape index (κ3) is 5.90. The Balaban J connectivity index is 3.10. The van der Waals surface area contributed by atoms with Gasteiger partial charge in [0.2, 0.25) is 16.1 Å². The molecule has 0 aliphatic rings. The maximum Gasteiger partial charge on any atom is 0.340 e. The summed E-state index contributed by atoms with van der Waals surface area (Å²) in [5.74, 6) is -0.568. The summed E-state index contributed by atoms with van der Waals surface area (Å²) in [6.07, 6.45) is 0.0303. The molecule has 0 aromatic carbocycles. The number of hydrogen-bond donors (Lipinski definition) is 1. The van der Waals surface area contributed by atoms with E-state index in [1.54, 1.807) is 6.07 Å². The van der Waals surface area contributed by atoms with Crippen LogP contribution in [0.15, 0.2) is 11.2 Å². The third-order valence-electron chi connectivity index (χ3n) is 3.05. The molecule has 0 saturated heterocycles. The molecule has 0 spiro atoms. The average molecular weight is 383 g/mol. The van der Waals surface area contributed by atoms with Crippen molar-refractivity contribution in [3.63, 3.8) is 0 Å². The molecule has 130 valence electrons. The first-order valence-corrected chi connectivity index (χ1v) is 8.38. The maximum atomic E-state index is 11.2. The highest BCUT2D eigenvalue weighted by molar-refractivity contribution is 7.99. The molecule has 6 nitrogen and oxygen atoms in total. The Labute approximate surface area is 149 Å². The smallest absolute Gasteiger partial charge is 0.340 e. The molecule has 1 unspecified atom stereocenters. The molecule has 0 amide bonds. The van der Waals surface area contributed by atoms with E-state index in [0.29, 0.717) is 16.9 Å². The fourth-order valence-electron chi connectivity index (χ4n) is 1.62. The molecule has 0 aliphatic carbocycles. The molecule has 0 aliphatic heterocycles. The summed E-state index contributed by atoms with van der Waals surface area (Å²) in [5.41, 5.74) is -0.283. The highest BCUT2D eigenvalue weighted by atomic mass is 35.5. The normalized spacial score (nSPS) is 13.5.